The molecule has 5 heteroatoms. The summed E-state index contributed by atoms with van der Waals surface area (Å²) in [5, 5.41) is 13.1. The number of hydrogen-bond donors (Lipinski definition) is 3. The van der Waals surface area contributed by atoms with E-state index in [1.54, 1.807) is 24.3 Å². The molecule has 0 radical (unpaired) electrons. The third kappa shape index (κ3) is 3.48. The number of aromatic nitrogens is 1. The van der Waals surface area contributed by atoms with Crippen molar-refractivity contribution >= 4 is 16.8 Å². The normalized spacial score (nSPS) is 11.1. The molecule has 0 aliphatic rings. The summed E-state index contributed by atoms with van der Waals surface area (Å²) in [7, 11) is 4.01. The monoisotopic (exact) mass is 261 g/mol. The first-order chi connectivity index (χ1) is 9.06. The molecule has 0 atom stereocenters. The molecule has 2 aromatic rings. The van der Waals surface area contributed by atoms with Gasteiger partial charge in [-0.25, -0.2) is 0 Å². The molecule has 1 heterocycles. The number of benzene rings is 1. The Bertz CT molecular complexity index is 575. The summed E-state index contributed by atoms with van der Waals surface area (Å²) in [5.74, 6) is 0.0823. The highest BCUT2D eigenvalue weighted by atomic mass is 16.3. The first-order valence-corrected chi connectivity index (χ1v) is 6.31. The van der Waals surface area contributed by atoms with Gasteiger partial charge in [0.05, 0.1) is 0 Å². The standard InChI is InChI=1S/C14H19N3O2/c1-17(2)7-3-6-15-14(19)13-9-10-8-11(18)4-5-12(10)16-13/h4-5,8-9,16,18H,3,6-7H2,1-2H3,(H,15,19). The maximum Gasteiger partial charge on any atom is 0.267 e. The Balaban J connectivity index is 1.97. The van der Waals surface area contributed by atoms with Crippen LogP contribution < -0.4 is 5.32 Å². The highest BCUT2D eigenvalue weighted by molar-refractivity contribution is 5.98. The molecule has 3 N–H and O–H groups in total. The minimum absolute atomic E-state index is 0.116. The Morgan fingerprint density at radius 3 is 2.89 bits per heavy atom. The first kappa shape index (κ1) is 13.4. The van der Waals surface area contributed by atoms with Crippen molar-refractivity contribution in [3.8, 4) is 5.75 Å². The number of nitrogens with zero attached hydrogens (tertiary/aromatic N) is 1. The van der Waals surface area contributed by atoms with Gasteiger partial charge in [0, 0.05) is 17.4 Å². The zero-order valence-electron chi connectivity index (χ0n) is 11.2. The van der Waals surface area contributed by atoms with E-state index in [2.05, 4.69) is 15.2 Å². The Kier molecular flexibility index (Phi) is 4.06. The fraction of sp³-hybridized carbons (Fsp3) is 0.357. The van der Waals surface area contributed by atoms with Crippen molar-refractivity contribution in [1.29, 1.82) is 0 Å². The van der Waals surface area contributed by atoms with Crippen LogP contribution in [-0.4, -0.2) is 48.1 Å². The predicted molar refractivity (Wildman–Crippen MR) is 75.5 cm³/mol. The summed E-state index contributed by atoms with van der Waals surface area (Å²) in [5.41, 5.74) is 1.36. The van der Waals surface area contributed by atoms with E-state index in [4.69, 9.17) is 0 Å². The lowest BCUT2D eigenvalue weighted by molar-refractivity contribution is 0.0948. The van der Waals surface area contributed by atoms with E-state index in [0.717, 1.165) is 23.9 Å². The van der Waals surface area contributed by atoms with E-state index >= 15 is 0 Å². The lowest BCUT2D eigenvalue weighted by Crippen LogP contribution is -2.27. The highest BCUT2D eigenvalue weighted by Gasteiger charge is 2.09. The maximum absolute atomic E-state index is 11.9. The molecule has 1 amide bonds. The number of rotatable bonds is 5. The molecule has 0 aliphatic heterocycles. The summed E-state index contributed by atoms with van der Waals surface area (Å²) in [4.78, 5) is 17.0. The van der Waals surface area contributed by atoms with E-state index in [1.165, 1.54) is 0 Å². The van der Waals surface area contributed by atoms with Crippen LogP contribution in [0, 0.1) is 0 Å². The second-order valence-electron chi connectivity index (χ2n) is 4.87. The van der Waals surface area contributed by atoms with Gasteiger partial charge in [-0.1, -0.05) is 0 Å². The summed E-state index contributed by atoms with van der Waals surface area (Å²) < 4.78 is 0. The lowest BCUT2D eigenvalue weighted by Gasteiger charge is -2.09. The molecular formula is C14H19N3O2. The molecule has 1 aromatic heterocycles. The number of H-pyrrole nitrogens is 1. The van der Waals surface area contributed by atoms with Gasteiger partial charge in [0.1, 0.15) is 11.4 Å². The number of amides is 1. The zero-order valence-corrected chi connectivity index (χ0v) is 11.2. The molecule has 0 aliphatic carbocycles. The fourth-order valence-electron chi connectivity index (χ4n) is 1.93. The van der Waals surface area contributed by atoms with Crippen LogP contribution in [0.25, 0.3) is 10.9 Å². The van der Waals surface area contributed by atoms with E-state index in [0.29, 0.717) is 12.2 Å². The second kappa shape index (κ2) is 5.75. The topological polar surface area (TPSA) is 68.4 Å². The molecule has 0 spiro atoms. The third-order valence-corrected chi connectivity index (χ3v) is 2.92. The number of phenols is 1. The average molecular weight is 261 g/mol. The van der Waals surface area contributed by atoms with Gasteiger partial charge >= 0.3 is 0 Å². The number of aromatic hydroxyl groups is 1. The van der Waals surface area contributed by atoms with Gasteiger partial charge in [-0.2, -0.15) is 0 Å². The van der Waals surface area contributed by atoms with Crippen molar-refractivity contribution in [1.82, 2.24) is 15.2 Å². The summed E-state index contributed by atoms with van der Waals surface area (Å²) in [6, 6.07) is 6.73. The molecule has 0 unspecified atom stereocenters. The number of phenolic OH excluding ortho intramolecular Hbond substituents is 1. The Hall–Kier alpha value is -2.01. The van der Waals surface area contributed by atoms with E-state index in [9.17, 15) is 9.90 Å². The Morgan fingerprint density at radius 1 is 1.37 bits per heavy atom. The van der Waals surface area contributed by atoms with Crippen molar-refractivity contribution in [3.05, 3.63) is 30.0 Å². The zero-order chi connectivity index (χ0) is 13.8. The SMILES string of the molecule is CN(C)CCCNC(=O)c1cc2cc(O)ccc2[nH]1. The van der Waals surface area contributed by atoms with Gasteiger partial charge in [0.15, 0.2) is 0 Å². The molecule has 0 saturated carbocycles. The number of aromatic amines is 1. The van der Waals surface area contributed by atoms with Crippen molar-refractivity contribution in [2.45, 2.75) is 6.42 Å². The van der Waals surface area contributed by atoms with Crippen LogP contribution in [0.1, 0.15) is 16.9 Å². The largest absolute Gasteiger partial charge is 0.508 e. The van der Waals surface area contributed by atoms with Gasteiger partial charge in [-0.15, -0.1) is 0 Å². The molecule has 102 valence electrons. The summed E-state index contributed by atoms with van der Waals surface area (Å²) >= 11 is 0. The Morgan fingerprint density at radius 2 is 2.16 bits per heavy atom. The molecule has 0 bridgehead atoms. The summed E-state index contributed by atoms with van der Waals surface area (Å²) in [6.45, 7) is 1.60. The first-order valence-electron chi connectivity index (χ1n) is 6.31. The molecule has 2 rings (SSSR count). The second-order valence-corrected chi connectivity index (χ2v) is 4.87. The lowest BCUT2D eigenvalue weighted by atomic mass is 10.2. The Labute approximate surface area is 112 Å². The van der Waals surface area contributed by atoms with Crippen LogP contribution in [0.3, 0.4) is 0 Å². The van der Waals surface area contributed by atoms with E-state index < -0.39 is 0 Å². The van der Waals surface area contributed by atoms with Gasteiger partial charge in [0.25, 0.3) is 5.91 Å². The maximum atomic E-state index is 11.9. The summed E-state index contributed by atoms with van der Waals surface area (Å²) in [6.07, 6.45) is 0.916. The van der Waals surface area contributed by atoms with Crippen LogP contribution >= 0.6 is 0 Å². The van der Waals surface area contributed by atoms with Gasteiger partial charge in [-0.3, -0.25) is 4.79 Å². The van der Waals surface area contributed by atoms with Gasteiger partial charge in [-0.05, 0) is 51.3 Å². The smallest absolute Gasteiger partial charge is 0.267 e. The number of hydrogen-bond acceptors (Lipinski definition) is 3. The van der Waals surface area contributed by atoms with Gasteiger partial charge in [0.2, 0.25) is 0 Å². The quantitative estimate of drug-likeness (QED) is 0.715. The van der Waals surface area contributed by atoms with Crippen LogP contribution in [0.15, 0.2) is 24.3 Å². The van der Waals surface area contributed by atoms with Crippen molar-refractivity contribution in [2.75, 3.05) is 27.2 Å². The van der Waals surface area contributed by atoms with Crippen molar-refractivity contribution < 1.29 is 9.90 Å². The highest BCUT2D eigenvalue weighted by Crippen LogP contribution is 2.20. The average Bonchev–Trinajstić information content (AvgIpc) is 2.77. The number of fused-ring (bicyclic) bond motifs is 1. The van der Waals surface area contributed by atoms with Crippen molar-refractivity contribution in [3.63, 3.8) is 0 Å². The van der Waals surface area contributed by atoms with Crippen LogP contribution in [-0.2, 0) is 0 Å². The minimum atomic E-state index is -0.116. The molecule has 1 aromatic carbocycles. The number of nitrogens with one attached hydrogen (secondary N) is 2. The van der Waals surface area contributed by atoms with E-state index in [1.807, 2.05) is 14.1 Å². The fourth-order valence-corrected chi connectivity index (χ4v) is 1.93. The molecule has 0 fully saturated rings. The number of carbonyl (C=O) groups is 1. The van der Waals surface area contributed by atoms with Gasteiger partial charge < -0.3 is 20.3 Å². The van der Waals surface area contributed by atoms with E-state index in [-0.39, 0.29) is 11.7 Å². The van der Waals surface area contributed by atoms with Crippen molar-refractivity contribution in [2.24, 2.45) is 0 Å². The van der Waals surface area contributed by atoms with Crippen LogP contribution in [0.5, 0.6) is 5.75 Å². The van der Waals surface area contributed by atoms with Crippen LogP contribution in [0.2, 0.25) is 0 Å². The molecule has 5 nitrogen and oxygen atoms in total. The molecule has 19 heavy (non-hydrogen) atoms. The predicted octanol–water partition coefficient (Wildman–Crippen LogP) is 1.55. The minimum Gasteiger partial charge on any atom is -0.508 e. The number of carbonyl (C=O) groups excluding carboxylic acids is 1. The molecular weight excluding hydrogens is 242 g/mol. The molecule has 0 saturated heterocycles. The van der Waals surface area contributed by atoms with Crippen LogP contribution in [0.4, 0.5) is 0 Å². The third-order valence-electron chi connectivity index (χ3n) is 2.92.